The Morgan fingerprint density at radius 3 is 2.71 bits per heavy atom. The highest BCUT2D eigenvalue weighted by molar-refractivity contribution is 7.96. The third-order valence-corrected chi connectivity index (χ3v) is 0.672. The minimum atomic E-state index is 0.363. The fourth-order valence-corrected chi connectivity index (χ4v) is 0.318. The number of rotatable bonds is 1. The van der Waals surface area contributed by atoms with Gasteiger partial charge in [-0.3, -0.25) is 10.4 Å². The zero-order valence-electron chi connectivity index (χ0n) is 4.14. The number of nitrogens with zero attached hydrogens (tertiary/aromatic N) is 1. The molecule has 3 N–H and O–H groups in total. The van der Waals surface area contributed by atoms with Crippen molar-refractivity contribution in [3.05, 3.63) is 0 Å². The van der Waals surface area contributed by atoms with Crippen molar-refractivity contribution in [1.29, 1.82) is 0 Å². The Morgan fingerprint density at radius 1 is 2.00 bits per heavy atom. The van der Waals surface area contributed by atoms with Crippen molar-refractivity contribution in [2.45, 2.75) is 6.92 Å². The van der Waals surface area contributed by atoms with Crippen molar-refractivity contribution in [3.8, 4) is 0 Å². The molecule has 0 aliphatic rings. The predicted molar refractivity (Wildman–Crippen MR) is 32.9 cm³/mol. The van der Waals surface area contributed by atoms with Crippen LogP contribution in [-0.2, 0) is 0 Å². The van der Waals surface area contributed by atoms with Gasteiger partial charge in [0.2, 0.25) is 5.17 Å². The molecule has 0 aromatic carbocycles. The summed E-state index contributed by atoms with van der Waals surface area (Å²) >= 11 is 4.55. The second kappa shape index (κ2) is 3.83. The van der Waals surface area contributed by atoms with Crippen LogP contribution in [0.2, 0.25) is 0 Å². The molecular weight excluding hydrogens is 110 g/mol. The SMILES string of the molecule is CCN=C([S])NN. The van der Waals surface area contributed by atoms with Gasteiger partial charge in [0.05, 0.1) is 0 Å². The van der Waals surface area contributed by atoms with E-state index >= 15 is 0 Å². The molecule has 0 spiro atoms. The van der Waals surface area contributed by atoms with Crippen molar-refractivity contribution < 1.29 is 0 Å². The maximum absolute atomic E-state index is 4.87. The van der Waals surface area contributed by atoms with E-state index in [1.54, 1.807) is 0 Å². The zero-order chi connectivity index (χ0) is 5.70. The minimum Gasteiger partial charge on any atom is -0.299 e. The Labute approximate surface area is 48.4 Å². The molecule has 0 aliphatic heterocycles. The van der Waals surface area contributed by atoms with Crippen LogP contribution in [0.1, 0.15) is 6.92 Å². The molecule has 0 unspecified atom stereocenters. The van der Waals surface area contributed by atoms with E-state index in [4.69, 9.17) is 5.84 Å². The molecule has 0 saturated heterocycles. The summed E-state index contributed by atoms with van der Waals surface area (Å²) in [6.45, 7) is 2.58. The summed E-state index contributed by atoms with van der Waals surface area (Å²) in [5.74, 6) is 4.87. The Morgan fingerprint density at radius 2 is 2.57 bits per heavy atom. The van der Waals surface area contributed by atoms with Crippen molar-refractivity contribution in [3.63, 3.8) is 0 Å². The second-order valence-corrected chi connectivity index (χ2v) is 1.31. The van der Waals surface area contributed by atoms with Crippen LogP contribution in [-0.4, -0.2) is 11.7 Å². The first-order valence-corrected chi connectivity index (χ1v) is 2.40. The molecule has 0 aromatic rings. The third-order valence-electron chi connectivity index (χ3n) is 0.425. The quantitative estimate of drug-likeness (QED) is 0.221. The standard InChI is InChI=1S/C3H8N3S/c1-2-5-3(7)6-4/h2,4H2,1H3,(H,5,6). The summed E-state index contributed by atoms with van der Waals surface area (Å²) in [6, 6.07) is 0. The number of aliphatic imine (C=N–C) groups is 1. The Balaban J connectivity index is 3.29. The van der Waals surface area contributed by atoms with Crippen LogP contribution in [0.5, 0.6) is 0 Å². The molecule has 0 saturated carbocycles. The number of hydrogen-bond acceptors (Lipinski definition) is 2. The molecule has 0 atom stereocenters. The highest BCUT2D eigenvalue weighted by Gasteiger charge is 1.79. The van der Waals surface area contributed by atoms with Gasteiger partial charge in [0.1, 0.15) is 0 Å². The minimum absolute atomic E-state index is 0.363. The first kappa shape index (κ1) is 6.65. The molecule has 3 nitrogen and oxygen atoms in total. The highest BCUT2D eigenvalue weighted by atomic mass is 32.1. The molecule has 0 fully saturated rings. The lowest BCUT2D eigenvalue weighted by Crippen LogP contribution is -2.25. The van der Waals surface area contributed by atoms with Crippen LogP contribution < -0.4 is 11.3 Å². The molecule has 41 valence electrons. The molecule has 1 radical (unpaired) electrons. The summed E-state index contributed by atoms with van der Waals surface area (Å²) in [5.41, 5.74) is 2.23. The highest BCUT2D eigenvalue weighted by Crippen LogP contribution is 1.74. The number of amidine groups is 1. The van der Waals surface area contributed by atoms with Gasteiger partial charge < -0.3 is 0 Å². The zero-order valence-corrected chi connectivity index (χ0v) is 4.96. The van der Waals surface area contributed by atoms with Crippen molar-refractivity contribution in [2.24, 2.45) is 10.8 Å². The average molecular weight is 118 g/mol. The lowest BCUT2D eigenvalue weighted by molar-refractivity contribution is 1.01. The first-order valence-electron chi connectivity index (χ1n) is 1.99. The summed E-state index contributed by atoms with van der Waals surface area (Å²) in [5, 5.41) is 0.363. The van der Waals surface area contributed by atoms with Gasteiger partial charge in [-0.1, -0.05) is 0 Å². The van der Waals surface area contributed by atoms with E-state index in [-0.39, 0.29) is 0 Å². The summed E-state index contributed by atoms with van der Waals surface area (Å²) in [7, 11) is 0. The largest absolute Gasteiger partial charge is 0.299 e. The molecule has 0 aromatic heterocycles. The van der Waals surface area contributed by atoms with Gasteiger partial charge in [0.15, 0.2) is 0 Å². The number of hydrazine groups is 1. The van der Waals surface area contributed by atoms with Crippen LogP contribution in [0.4, 0.5) is 0 Å². The molecule has 4 heteroatoms. The number of nitrogens with two attached hydrogens (primary N) is 1. The normalized spacial score (nSPS) is 11.4. The summed E-state index contributed by atoms with van der Waals surface area (Å²) < 4.78 is 0. The van der Waals surface area contributed by atoms with E-state index in [1.807, 2.05) is 6.92 Å². The van der Waals surface area contributed by atoms with E-state index < -0.39 is 0 Å². The van der Waals surface area contributed by atoms with Gasteiger partial charge in [-0.25, -0.2) is 5.84 Å². The van der Waals surface area contributed by atoms with Crippen molar-refractivity contribution in [1.82, 2.24) is 5.43 Å². The molecule has 7 heavy (non-hydrogen) atoms. The lowest BCUT2D eigenvalue weighted by atomic mass is 10.8. The fourth-order valence-electron chi connectivity index (χ4n) is 0.189. The number of nitrogens with one attached hydrogen (secondary N) is 1. The van der Waals surface area contributed by atoms with E-state index in [1.165, 1.54) is 0 Å². The van der Waals surface area contributed by atoms with E-state index in [2.05, 4.69) is 23.0 Å². The average Bonchev–Trinajstić information content (AvgIpc) is 1.68. The topological polar surface area (TPSA) is 50.4 Å². The molecule has 0 heterocycles. The summed E-state index contributed by atoms with van der Waals surface area (Å²) in [4.78, 5) is 3.74. The molecule has 0 rings (SSSR count). The summed E-state index contributed by atoms with van der Waals surface area (Å²) in [6.07, 6.45) is 0. The fraction of sp³-hybridized carbons (Fsp3) is 0.667. The van der Waals surface area contributed by atoms with Crippen LogP contribution in [0, 0.1) is 0 Å². The van der Waals surface area contributed by atoms with E-state index in [9.17, 15) is 0 Å². The monoisotopic (exact) mass is 118 g/mol. The van der Waals surface area contributed by atoms with Crippen molar-refractivity contribution >= 4 is 17.8 Å². The van der Waals surface area contributed by atoms with Crippen molar-refractivity contribution in [2.75, 3.05) is 6.54 Å². The van der Waals surface area contributed by atoms with E-state index in [0.717, 1.165) is 0 Å². The van der Waals surface area contributed by atoms with Crippen LogP contribution >= 0.6 is 12.6 Å². The van der Waals surface area contributed by atoms with Gasteiger partial charge in [-0.15, -0.1) is 0 Å². The van der Waals surface area contributed by atoms with Crippen LogP contribution in [0.15, 0.2) is 4.99 Å². The molecular formula is C3H8N3S. The maximum atomic E-state index is 4.87. The molecule has 0 amide bonds. The van der Waals surface area contributed by atoms with Crippen LogP contribution in [0.3, 0.4) is 0 Å². The van der Waals surface area contributed by atoms with Gasteiger partial charge in [0, 0.05) is 6.54 Å². The van der Waals surface area contributed by atoms with Crippen LogP contribution in [0.25, 0.3) is 0 Å². The third kappa shape index (κ3) is 3.48. The lowest BCUT2D eigenvalue weighted by Gasteiger charge is -1.89. The smallest absolute Gasteiger partial charge is 0.202 e. The predicted octanol–water partition coefficient (Wildman–Crippen LogP) is 0.0231. The van der Waals surface area contributed by atoms with E-state index in [0.29, 0.717) is 11.7 Å². The molecule has 0 aliphatic carbocycles. The molecule has 0 bridgehead atoms. The second-order valence-electron chi connectivity index (χ2n) is 0.924. The van der Waals surface area contributed by atoms with Gasteiger partial charge >= 0.3 is 0 Å². The number of hydrogen-bond donors (Lipinski definition) is 2. The van der Waals surface area contributed by atoms with Gasteiger partial charge in [0.25, 0.3) is 0 Å². The Hall–Kier alpha value is -0.350. The maximum Gasteiger partial charge on any atom is 0.202 e. The van der Waals surface area contributed by atoms with Gasteiger partial charge in [-0.2, -0.15) is 0 Å². The Kier molecular flexibility index (Phi) is 3.64. The first-order chi connectivity index (χ1) is 3.31. The van der Waals surface area contributed by atoms with Gasteiger partial charge in [-0.05, 0) is 19.6 Å². The Bertz CT molecular complexity index is 70.6.